The first-order valence-corrected chi connectivity index (χ1v) is 8.57. The third-order valence-electron chi connectivity index (χ3n) is 5.63. The number of carbonyl (C=O) groups is 1. The third-order valence-corrected chi connectivity index (χ3v) is 5.63. The Morgan fingerprint density at radius 1 is 1.38 bits per heavy atom. The van der Waals surface area contributed by atoms with Crippen molar-refractivity contribution in [1.82, 2.24) is 15.2 Å². The number of amides is 1. The summed E-state index contributed by atoms with van der Waals surface area (Å²) in [6.45, 7) is 4.51. The zero-order valence-electron chi connectivity index (χ0n) is 13.8. The number of piperidine rings is 3. The first-order chi connectivity index (χ1) is 11.7. The van der Waals surface area contributed by atoms with Gasteiger partial charge in [-0.15, -0.1) is 6.42 Å². The van der Waals surface area contributed by atoms with Crippen molar-refractivity contribution < 1.29 is 4.79 Å². The van der Waals surface area contributed by atoms with Gasteiger partial charge in [0.15, 0.2) is 0 Å². The molecule has 0 saturated carbocycles. The Morgan fingerprint density at radius 2 is 2.17 bits per heavy atom. The van der Waals surface area contributed by atoms with Crippen molar-refractivity contribution in [3.05, 3.63) is 41.7 Å². The van der Waals surface area contributed by atoms with Crippen LogP contribution in [0, 0.1) is 18.3 Å². The zero-order valence-corrected chi connectivity index (χ0v) is 13.8. The Bertz CT molecular complexity index is 828. The molecular formula is C20H21N3O. The first-order valence-electron chi connectivity index (χ1n) is 8.57. The number of hydrogen-bond donors (Lipinski definition) is 1. The van der Waals surface area contributed by atoms with Gasteiger partial charge in [0.05, 0.1) is 0 Å². The Labute approximate surface area is 142 Å². The molecule has 0 spiro atoms. The van der Waals surface area contributed by atoms with Gasteiger partial charge in [0.25, 0.3) is 5.91 Å². The van der Waals surface area contributed by atoms with Gasteiger partial charge in [-0.3, -0.25) is 14.7 Å². The van der Waals surface area contributed by atoms with Crippen molar-refractivity contribution in [2.24, 2.45) is 5.92 Å². The number of carbonyl (C=O) groups excluding carboxylic acids is 1. The lowest BCUT2D eigenvalue weighted by Gasteiger charge is -2.49. The van der Waals surface area contributed by atoms with Crippen LogP contribution in [0.5, 0.6) is 0 Å². The molecule has 1 aromatic heterocycles. The molecule has 3 saturated heterocycles. The fourth-order valence-electron chi connectivity index (χ4n) is 4.19. The molecule has 2 bridgehead atoms. The van der Waals surface area contributed by atoms with Gasteiger partial charge in [-0.25, -0.2) is 0 Å². The molecule has 3 fully saturated rings. The number of fused-ring (bicyclic) bond motifs is 4. The highest BCUT2D eigenvalue weighted by Gasteiger charge is 2.40. The van der Waals surface area contributed by atoms with Crippen molar-refractivity contribution in [3.8, 4) is 12.3 Å². The lowest BCUT2D eigenvalue weighted by atomic mass is 9.79. The van der Waals surface area contributed by atoms with Gasteiger partial charge in [-0.05, 0) is 50.9 Å². The van der Waals surface area contributed by atoms with Gasteiger partial charge in [-0.2, -0.15) is 0 Å². The highest BCUT2D eigenvalue weighted by atomic mass is 16.2. The van der Waals surface area contributed by atoms with Crippen LogP contribution in [0.15, 0.2) is 30.5 Å². The molecule has 0 radical (unpaired) electrons. The summed E-state index contributed by atoms with van der Waals surface area (Å²) < 4.78 is 0. The Hall–Kier alpha value is -2.38. The average Bonchev–Trinajstić information content (AvgIpc) is 2.64. The van der Waals surface area contributed by atoms with Crippen molar-refractivity contribution in [2.45, 2.75) is 31.8 Å². The highest BCUT2D eigenvalue weighted by Crippen LogP contribution is 2.32. The summed E-state index contributed by atoms with van der Waals surface area (Å²) in [4.78, 5) is 19.5. The van der Waals surface area contributed by atoms with E-state index in [-0.39, 0.29) is 11.9 Å². The summed E-state index contributed by atoms with van der Waals surface area (Å²) in [5, 5.41) is 5.09. The van der Waals surface area contributed by atoms with Gasteiger partial charge in [-0.1, -0.05) is 18.1 Å². The van der Waals surface area contributed by atoms with Gasteiger partial charge < -0.3 is 5.32 Å². The van der Waals surface area contributed by atoms with E-state index in [9.17, 15) is 4.79 Å². The number of nitrogens with one attached hydrogen (secondary N) is 1. The fraction of sp³-hybridized carbons (Fsp3) is 0.400. The van der Waals surface area contributed by atoms with E-state index in [2.05, 4.69) is 28.0 Å². The van der Waals surface area contributed by atoms with E-state index in [4.69, 9.17) is 6.42 Å². The van der Waals surface area contributed by atoms with Crippen LogP contribution < -0.4 is 5.32 Å². The van der Waals surface area contributed by atoms with E-state index in [0.717, 1.165) is 29.4 Å². The van der Waals surface area contributed by atoms with Gasteiger partial charge in [0.2, 0.25) is 0 Å². The van der Waals surface area contributed by atoms with Crippen LogP contribution in [0.3, 0.4) is 0 Å². The standard InChI is InChI=1S/C20H21N3O/c1-3-14-5-4-6-16-12-21-18(11-17(14)16)20(24)22-19-13(2)23-9-7-15(19)8-10-23/h1,4-6,11-13,15,19H,7-10H2,2H3,(H,22,24)/t13-,19-/m0/s1. The van der Waals surface area contributed by atoms with E-state index < -0.39 is 0 Å². The predicted octanol–water partition coefficient (Wildman–Crippen LogP) is 2.43. The molecule has 2 aromatic rings. The van der Waals surface area contributed by atoms with Crippen LogP contribution >= 0.6 is 0 Å². The third kappa shape index (κ3) is 2.46. The summed E-state index contributed by atoms with van der Waals surface area (Å²) >= 11 is 0. The quantitative estimate of drug-likeness (QED) is 0.865. The van der Waals surface area contributed by atoms with Crippen LogP contribution in [-0.4, -0.2) is 41.0 Å². The molecule has 5 rings (SSSR count). The first kappa shape index (κ1) is 15.2. The van der Waals surface area contributed by atoms with Crippen LogP contribution in [-0.2, 0) is 0 Å². The lowest BCUT2D eigenvalue weighted by Crippen LogP contribution is -2.62. The minimum absolute atomic E-state index is 0.102. The second-order valence-corrected chi connectivity index (χ2v) is 6.85. The van der Waals surface area contributed by atoms with Gasteiger partial charge >= 0.3 is 0 Å². The zero-order chi connectivity index (χ0) is 16.7. The molecule has 3 aliphatic rings. The van der Waals surface area contributed by atoms with E-state index in [0.29, 0.717) is 17.7 Å². The Kier molecular flexibility index (Phi) is 3.74. The molecule has 0 unspecified atom stereocenters. The molecule has 2 atom stereocenters. The van der Waals surface area contributed by atoms with Crippen LogP contribution in [0.4, 0.5) is 0 Å². The van der Waals surface area contributed by atoms with Gasteiger partial charge in [0.1, 0.15) is 5.69 Å². The molecule has 4 heterocycles. The average molecular weight is 319 g/mol. The molecule has 4 nitrogen and oxygen atoms in total. The van der Waals surface area contributed by atoms with Crippen LogP contribution in [0.25, 0.3) is 10.8 Å². The Balaban J connectivity index is 1.61. The minimum atomic E-state index is -0.102. The SMILES string of the molecule is C#Cc1cccc2cnc(C(=O)N[C@@H]3C4CCN(CC4)[C@H]3C)cc12. The molecule has 1 N–H and O–H groups in total. The predicted molar refractivity (Wildman–Crippen MR) is 94.7 cm³/mol. The minimum Gasteiger partial charge on any atom is -0.346 e. The largest absolute Gasteiger partial charge is 0.346 e. The van der Waals surface area contributed by atoms with E-state index in [1.54, 1.807) is 6.20 Å². The number of benzene rings is 1. The number of nitrogens with zero attached hydrogens (tertiary/aromatic N) is 2. The normalized spacial score (nSPS) is 28.5. The fourth-order valence-corrected chi connectivity index (χ4v) is 4.19. The Morgan fingerprint density at radius 3 is 2.88 bits per heavy atom. The lowest BCUT2D eigenvalue weighted by molar-refractivity contribution is 0.0216. The van der Waals surface area contributed by atoms with Crippen molar-refractivity contribution in [3.63, 3.8) is 0 Å². The second kappa shape index (κ2) is 5.92. The summed E-state index contributed by atoms with van der Waals surface area (Å²) in [7, 11) is 0. The molecular weight excluding hydrogens is 298 g/mol. The molecule has 122 valence electrons. The monoisotopic (exact) mass is 319 g/mol. The summed E-state index contributed by atoms with van der Waals surface area (Å²) in [6.07, 6.45) is 9.64. The second-order valence-electron chi connectivity index (χ2n) is 6.85. The van der Waals surface area contributed by atoms with Crippen LogP contribution in [0.2, 0.25) is 0 Å². The number of terminal acetylenes is 1. The number of pyridine rings is 1. The van der Waals surface area contributed by atoms with Crippen molar-refractivity contribution in [2.75, 3.05) is 13.1 Å². The smallest absolute Gasteiger partial charge is 0.270 e. The summed E-state index contributed by atoms with van der Waals surface area (Å²) in [5.41, 5.74) is 1.23. The molecule has 0 aliphatic carbocycles. The molecule has 1 amide bonds. The molecule has 1 aromatic carbocycles. The number of hydrogen-bond acceptors (Lipinski definition) is 3. The maximum atomic E-state index is 12.7. The summed E-state index contributed by atoms with van der Waals surface area (Å²) in [6, 6.07) is 8.17. The number of rotatable bonds is 2. The maximum absolute atomic E-state index is 12.7. The van der Waals surface area contributed by atoms with Crippen molar-refractivity contribution >= 4 is 16.7 Å². The van der Waals surface area contributed by atoms with E-state index >= 15 is 0 Å². The topological polar surface area (TPSA) is 45.2 Å². The van der Waals surface area contributed by atoms with Crippen molar-refractivity contribution in [1.29, 1.82) is 0 Å². The van der Waals surface area contributed by atoms with Crippen LogP contribution in [0.1, 0.15) is 35.8 Å². The molecule has 3 aliphatic heterocycles. The molecule has 4 heteroatoms. The molecule has 24 heavy (non-hydrogen) atoms. The summed E-state index contributed by atoms with van der Waals surface area (Å²) in [5.74, 6) is 3.16. The highest BCUT2D eigenvalue weighted by molar-refractivity contribution is 5.98. The maximum Gasteiger partial charge on any atom is 0.270 e. The van der Waals surface area contributed by atoms with Gasteiger partial charge in [0, 0.05) is 34.6 Å². The van der Waals surface area contributed by atoms with E-state index in [1.165, 1.54) is 12.8 Å². The van der Waals surface area contributed by atoms with E-state index in [1.807, 2.05) is 24.3 Å². The number of aromatic nitrogens is 1.